The van der Waals surface area contributed by atoms with Crippen LogP contribution in [-0.4, -0.2) is 16.4 Å². The van der Waals surface area contributed by atoms with Crippen molar-refractivity contribution >= 4 is 22.8 Å². The first-order valence-corrected chi connectivity index (χ1v) is 8.56. The summed E-state index contributed by atoms with van der Waals surface area (Å²) in [4.78, 5) is 4.46. The number of H-pyrrole nitrogens is 1. The topological polar surface area (TPSA) is 91.1 Å². The predicted molar refractivity (Wildman–Crippen MR) is 106 cm³/mol. The first-order chi connectivity index (χ1) is 12.4. The molecule has 1 aromatic heterocycles. The van der Waals surface area contributed by atoms with Crippen LogP contribution in [0.5, 0.6) is 0 Å². The highest BCUT2D eigenvalue weighted by Crippen LogP contribution is 2.27. The van der Waals surface area contributed by atoms with Crippen molar-refractivity contribution in [3.05, 3.63) is 70.7 Å². The number of nitrogens with two attached hydrogens (primary N) is 1. The largest absolute Gasteiger partial charge is 0.342 e. The molecular weight excluding hydrogens is 324 g/mol. The summed E-state index contributed by atoms with van der Waals surface area (Å²) in [5.41, 5.74) is 13.1. The molecule has 1 unspecified atom stereocenters. The predicted octanol–water partition coefficient (Wildman–Crippen LogP) is 3.18. The average molecular weight is 346 g/mol. The Balaban J connectivity index is 1.63. The van der Waals surface area contributed by atoms with Gasteiger partial charge in [0.1, 0.15) is 5.82 Å². The van der Waals surface area contributed by atoms with Crippen LogP contribution >= 0.6 is 0 Å². The number of nitrogens with zero attached hydrogens (tertiary/aromatic N) is 2. The molecule has 0 radical (unpaired) electrons. The van der Waals surface area contributed by atoms with E-state index in [1.807, 2.05) is 24.3 Å². The molecule has 1 aliphatic heterocycles. The van der Waals surface area contributed by atoms with E-state index in [-0.39, 0.29) is 0 Å². The number of aryl methyl sites for hydroxylation is 3. The van der Waals surface area contributed by atoms with E-state index in [2.05, 4.69) is 58.7 Å². The molecule has 0 spiro atoms. The average Bonchev–Trinajstić information content (AvgIpc) is 3.06. The molecule has 1 atom stereocenters. The molecule has 0 bridgehead atoms. The number of allylic oxidation sites excluding steroid dienone is 1. The Hall–Kier alpha value is -3.12. The number of anilines is 1. The molecule has 2 aromatic carbocycles. The number of aromatic nitrogens is 2. The molecule has 0 fully saturated rings. The number of nitrogens with one attached hydrogen (secondary N) is 3. The Labute approximate surface area is 152 Å². The van der Waals surface area contributed by atoms with Crippen LogP contribution in [0.3, 0.4) is 0 Å². The third kappa shape index (κ3) is 2.84. The maximum absolute atomic E-state index is 6.56. The van der Waals surface area contributed by atoms with Crippen molar-refractivity contribution in [1.82, 2.24) is 15.5 Å². The quantitative estimate of drug-likeness (QED) is 0.586. The van der Waals surface area contributed by atoms with Gasteiger partial charge in [-0.3, -0.25) is 10.8 Å². The number of benzene rings is 2. The zero-order chi connectivity index (χ0) is 18.3. The number of hydrogen-bond donors (Lipinski definition) is 4. The fraction of sp³-hybridized carbons (Fsp3) is 0.200. The summed E-state index contributed by atoms with van der Waals surface area (Å²) >= 11 is 0. The second-order valence-corrected chi connectivity index (χ2v) is 6.82. The number of hydrogen-bond acceptors (Lipinski definition) is 5. The molecule has 3 aromatic rings. The summed E-state index contributed by atoms with van der Waals surface area (Å²) in [7, 11) is 0. The van der Waals surface area contributed by atoms with Crippen LogP contribution in [0.15, 0.2) is 53.4 Å². The summed E-state index contributed by atoms with van der Waals surface area (Å²) in [6.45, 7) is 6.30. The zero-order valence-electron chi connectivity index (χ0n) is 15.1. The molecule has 0 aliphatic carbocycles. The lowest BCUT2D eigenvalue weighted by atomic mass is 10.0. The molecule has 0 saturated carbocycles. The molecule has 4 rings (SSSR count). The van der Waals surface area contributed by atoms with Gasteiger partial charge in [0.2, 0.25) is 5.79 Å². The SMILES string of the molecule is Cc1cc(C)c(NC2=CC=NC(N)(c3ccc4cn[nH]c4c3)N2)c(C)c1. The highest BCUT2D eigenvalue weighted by molar-refractivity contribution is 5.80. The van der Waals surface area contributed by atoms with E-state index < -0.39 is 5.79 Å². The Morgan fingerprint density at radius 2 is 1.85 bits per heavy atom. The van der Waals surface area contributed by atoms with Crippen molar-refractivity contribution in [2.24, 2.45) is 10.7 Å². The Kier molecular flexibility index (Phi) is 3.77. The fourth-order valence-corrected chi connectivity index (χ4v) is 3.41. The minimum Gasteiger partial charge on any atom is -0.342 e. The van der Waals surface area contributed by atoms with Gasteiger partial charge >= 0.3 is 0 Å². The zero-order valence-corrected chi connectivity index (χ0v) is 15.1. The van der Waals surface area contributed by atoms with Crippen LogP contribution in [-0.2, 0) is 5.79 Å². The number of aromatic amines is 1. The minimum atomic E-state index is -1.04. The molecule has 6 nitrogen and oxygen atoms in total. The van der Waals surface area contributed by atoms with E-state index in [0.29, 0.717) is 0 Å². The van der Waals surface area contributed by atoms with E-state index in [1.54, 1.807) is 12.4 Å². The summed E-state index contributed by atoms with van der Waals surface area (Å²) in [5.74, 6) is -0.231. The van der Waals surface area contributed by atoms with Gasteiger partial charge in [0, 0.05) is 22.9 Å². The van der Waals surface area contributed by atoms with Crippen molar-refractivity contribution in [1.29, 1.82) is 0 Å². The van der Waals surface area contributed by atoms with Crippen molar-refractivity contribution in [3.8, 4) is 0 Å². The molecule has 0 amide bonds. The van der Waals surface area contributed by atoms with Crippen LogP contribution in [0.25, 0.3) is 10.9 Å². The second kappa shape index (κ2) is 6.00. The molecule has 5 N–H and O–H groups in total. The molecule has 6 heteroatoms. The van der Waals surface area contributed by atoms with Crippen LogP contribution in [0.1, 0.15) is 22.3 Å². The van der Waals surface area contributed by atoms with Gasteiger partial charge in [0.05, 0.1) is 11.7 Å². The summed E-state index contributed by atoms with van der Waals surface area (Å²) in [6.07, 6.45) is 5.41. The summed E-state index contributed by atoms with van der Waals surface area (Å²) < 4.78 is 0. The van der Waals surface area contributed by atoms with Crippen molar-refractivity contribution in [2.75, 3.05) is 5.32 Å². The maximum atomic E-state index is 6.56. The van der Waals surface area contributed by atoms with Gasteiger partial charge in [-0.15, -0.1) is 0 Å². The van der Waals surface area contributed by atoms with Gasteiger partial charge < -0.3 is 10.6 Å². The van der Waals surface area contributed by atoms with Gasteiger partial charge in [-0.05, 0) is 44.0 Å². The summed E-state index contributed by atoms with van der Waals surface area (Å²) in [5, 5.41) is 14.8. The Morgan fingerprint density at radius 1 is 1.08 bits per heavy atom. The molecular formula is C20H22N6. The first kappa shape index (κ1) is 16.4. The smallest absolute Gasteiger partial charge is 0.210 e. The lowest BCUT2D eigenvalue weighted by molar-refractivity contribution is 0.399. The third-order valence-electron chi connectivity index (χ3n) is 4.66. The van der Waals surface area contributed by atoms with Gasteiger partial charge in [-0.2, -0.15) is 5.10 Å². The summed E-state index contributed by atoms with van der Waals surface area (Å²) in [6, 6.07) is 10.2. The lowest BCUT2D eigenvalue weighted by Gasteiger charge is -2.32. The monoisotopic (exact) mass is 346 g/mol. The number of aliphatic imine (C=N–C) groups is 1. The van der Waals surface area contributed by atoms with Crippen LogP contribution in [0, 0.1) is 20.8 Å². The molecule has 0 saturated heterocycles. The fourth-order valence-electron chi connectivity index (χ4n) is 3.41. The van der Waals surface area contributed by atoms with E-state index in [9.17, 15) is 0 Å². The Morgan fingerprint density at radius 3 is 2.62 bits per heavy atom. The third-order valence-corrected chi connectivity index (χ3v) is 4.66. The van der Waals surface area contributed by atoms with Gasteiger partial charge in [0.15, 0.2) is 0 Å². The van der Waals surface area contributed by atoms with Gasteiger partial charge in [-0.1, -0.05) is 29.8 Å². The minimum absolute atomic E-state index is 0.808. The van der Waals surface area contributed by atoms with Crippen molar-refractivity contribution in [3.63, 3.8) is 0 Å². The van der Waals surface area contributed by atoms with Gasteiger partial charge in [-0.25, -0.2) is 4.99 Å². The van der Waals surface area contributed by atoms with E-state index in [0.717, 1.165) is 28.0 Å². The van der Waals surface area contributed by atoms with Crippen LogP contribution in [0.4, 0.5) is 5.69 Å². The van der Waals surface area contributed by atoms with E-state index in [4.69, 9.17) is 5.73 Å². The number of fused-ring (bicyclic) bond motifs is 1. The van der Waals surface area contributed by atoms with Crippen molar-refractivity contribution in [2.45, 2.75) is 26.6 Å². The molecule has 132 valence electrons. The lowest BCUT2D eigenvalue weighted by Crippen LogP contribution is -2.51. The molecule has 26 heavy (non-hydrogen) atoms. The molecule has 2 heterocycles. The van der Waals surface area contributed by atoms with Crippen LogP contribution < -0.4 is 16.4 Å². The molecule has 1 aliphatic rings. The van der Waals surface area contributed by atoms with Crippen molar-refractivity contribution < 1.29 is 0 Å². The van der Waals surface area contributed by atoms with Crippen LogP contribution in [0.2, 0.25) is 0 Å². The highest BCUT2D eigenvalue weighted by atomic mass is 15.3. The van der Waals surface area contributed by atoms with E-state index in [1.165, 1.54) is 16.7 Å². The van der Waals surface area contributed by atoms with E-state index >= 15 is 0 Å². The second-order valence-electron chi connectivity index (χ2n) is 6.82. The maximum Gasteiger partial charge on any atom is 0.210 e. The van der Waals surface area contributed by atoms with Gasteiger partial charge in [0.25, 0.3) is 0 Å². The normalized spacial score (nSPS) is 19.3. The number of rotatable bonds is 3. The highest BCUT2D eigenvalue weighted by Gasteiger charge is 2.29. The first-order valence-electron chi connectivity index (χ1n) is 8.56. The Bertz CT molecular complexity index is 1020. The standard InChI is InChI=1S/C20H22N6/c1-12-8-13(2)19(14(3)9-12)24-18-6-7-22-20(21,25-18)16-5-4-15-11-23-26-17(15)10-16/h4-11,24-25H,21H2,1-3H3,(H,23,26).